The van der Waals surface area contributed by atoms with Gasteiger partial charge in [0.2, 0.25) is 0 Å². The molecule has 0 spiro atoms. The molecular formula is C20H19FIN. The fourth-order valence-corrected chi connectivity index (χ4v) is 3.93. The Labute approximate surface area is 150 Å². The summed E-state index contributed by atoms with van der Waals surface area (Å²) in [6.45, 7) is 6.25. The summed E-state index contributed by atoms with van der Waals surface area (Å²) in [5.41, 5.74) is 12.3. The highest BCUT2D eigenvalue weighted by Gasteiger charge is 2.37. The molecular weight excluding hydrogens is 400 g/mol. The Morgan fingerprint density at radius 1 is 1.17 bits per heavy atom. The summed E-state index contributed by atoms with van der Waals surface area (Å²) in [5.74, 6) is -0.196. The molecule has 0 saturated heterocycles. The molecule has 0 fully saturated rings. The maximum absolute atomic E-state index is 13.8. The average Bonchev–Trinajstić information content (AvgIpc) is 2.72. The first-order valence-corrected chi connectivity index (χ1v) is 8.67. The van der Waals surface area contributed by atoms with E-state index in [1.54, 1.807) is 6.07 Å². The van der Waals surface area contributed by atoms with Gasteiger partial charge in [-0.2, -0.15) is 0 Å². The van der Waals surface area contributed by atoms with Crippen molar-refractivity contribution in [2.24, 2.45) is 5.73 Å². The van der Waals surface area contributed by atoms with Crippen LogP contribution in [0.1, 0.15) is 37.5 Å². The van der Waals surface area contributed by atoms with Crippen molar-refractivity contribution < 1.29 is 4.39 Å². The van der Waals surface area contributed by atoms with Crippen LogP contribution in [0.4, 0.5) is 4.39 Å². The van der Waals surface area contributed by atoms with Gasteiger partial charge >= 0.3 is 0 Å². The highest BCUT2D eigenvalue weighted by molar-refractivity contribution is 14.1. The van der Waals surface area contributed by atoms with E-state index in [0.29, 0.717) is 0 Å². The second kappa shape index (κ2) is 5.78. The van der Waals surface area contributed by atoms with Gasteiger partial charge in [0.15, 0.2) is 0 Å². The Morgan fingerprint density at radius 3 is 2.61 bits per heavy atom. The van der Waals surface area contributed by atoms with Crippen LogP contribution >= 0.6 is 22.6 Å². The van der Waals surface area contributed by atoms with E-state index in [-0.39, 0.29) is 11.2 Å². The Bertz CT molecular complexity index is 847. The molecule has 2 N–H and O–H groups in total. The van der Waals surface area contributed by atoms with Crippen LogP contribution in [0.15, 0.2) is 48.6 Å². The normalized spacial score (nSPS) is 15.8. The molecule has 2 aromatic carbocycles. The predicted molar refractivity (Wildman–Crippen MR) is 104 cm³/mol. The SMILES string of the molecule is C/C=C\C=C(/N)c1cc(I)cc2c1-c1ccc(F)cc1C2(C)C. The molecule has 3 rings (SSSR count). The van der Waals surface area contributed by atoms with Gasteiger partial charge in [-0.15, -0.1) is 0 Å². The summed E-state index contributed by atoms with van der Waals surface area (Å²) in [7, 11) is 0. The molecule has 0 saturated carbocycles. The van der Waals surface area contributed by atoms with Crippen molar-refractivity contribution in [3.05, 3.63) is 74.6 Å². The van der Waals surface area contributed by atoms with E-state index in [1.807, 2.05) is 31.2 Å². The third-order valence-corrected chi connectivity index (χ3v) is 5.10. The number of rotatable bonds is 2. The molecule has 0 atom stereocenters. The maximum atomic E-state index is 13.8. The molecule has 2 aromatic rings. The summed E-state index contributed by atoms with van der Waals surface area (Å²) < 4.78 is 14.9. The molecule has 0 radical (unpaired) electrons. The van der Waals surface area contributed by atoms with Gasteiger partial charge in [-0.1, -0.05) is 32.1 Å². The van der Waals surface area contributed by atoms with Gasteiger partial charge in [0.05, 0.1) is 0 Å². The molecule has 0 amide bonds. The van der Waals surface area contributed by atoms with Crippen molar-refractivity contribution in [2.75, 3.05) is 0 Å². The van der Waals surface area contributed by atoms with Crippen molar-refractivity contribution in [1.82, 2.24) is 0 Å². The Kier molecular flexibility index (Phi) is 4.08. The first kappa shape index (κ1) is 16.2. The average molecular weight is 419 g/mol. The Balaban J connectivity index is 2.36. The number of nitrogens with two attached hydrogens (primary N) is 1. The van der Waals surface area contributed by atoms with Crippen LogP contribution in [0.3, 0.4) is 0 Å². The standard InChI is InChI=1S/C20H19FIN/c1-4-5-6-18(23)15-10-13(22)11-17-19(15)14-8-7-12(21)9-16(14)20(17,2)3/h4-11H,23H2,1-3H3/b5-4-,18-6-. The Hall–Kier alpha value is -1.62. The third kappa shape index (κ3) is 2.61. The molecule has 0 aliphatic heterocycles. The smallest absolute Gasteiger partial charge is 0.123 e. The van der Waals surface area contributed by atoms with Crippen molar-refractivity contribution in [2.45, 2.75) is 26.2 Å². The zero-order chi connectivity index (χ0) is 16.8. The summed E-state index contributed by atoms with van der Waals surface area (Å²) >= 11 is 2.32. The maximum Gasteiger partial charge on any atom is 0.123 e. The Morgan fingerprint density at radius 2 is 1.91 bits per heavy atom. The van der Waals surface area contributed by atoms with Gasteiger partial charge in [-0.25, -0.2) is 4.39 Å². The molecule has 1 nitrogen and oxygen atoms in total. The molecule has 0 unspecified atom stereocenters. The lowest BCUT2D eigenvalue weighted by Gasteiger charge is -2.22. The van der Waals surface area contributed by atoms with E-state index in [9.17, 15) is 4.39 Å². The minimum atomic E-state index is -0.233. The van der Waals surface area contributed by atoms with Crippen LogP contribution in [-0.4, -0.2) is 0 Å². The highest BCUT2D eigenvalue weighted by atomic mass is 127. The number of halogens is 2. The zero-order valence-corrected chi connectivity index (χ0v) is 15.6. The van der Waals surface area contributed by atoms with Crippen molar-refractivity contribution in [1.29, 1.82) is 0 Å². The van der Waals surface area contributed by atoms with Crippen molar-refractivity contribution in [3.8, 4) is 11.1 Å². The molecule has 3 heteroatoms. The van der Waals surface area contributed by atoms with Gasteiger partial charge in [0.1, 0.15) is 5.82 Å². The summed E-state index contributed by atoms with van der Waals surface area (Å²) in [6, 6.07) is 9.33. The van der Waals surface area contributed by atoms with E-state index in [1.165, 1.54) is 11.6 Å². The van der Waals surface area contributed by atoms with Gasteiger partial charge in [0, 0.05) is 20.2 Å². The van der Waals surface area contributed by atoms with Crippen LogP contribution in [0.2, 0.25) is 0 Å². The second-order valence-electron chi connectivity index (χ2n) is 6.34. The monoisotopic (exact) mass is 419 g/mol. The first-order chi connectivity index (χ1) is 10.9. The van der Waals surface area contributed by atoms with Crippen molar-refractivity contribution in [3.63, 3.8) is 0 Å². The van der Waals surface area contributed by atoms with E-state index in [4.69, 9.17) is 5.73 Å². The molecule has 23 heavy (non-hydrogen) atoms. The van der Waals surface area contributed by atoms with Crippen LogP contribution in [0, 0.1) is 9.39 Å². The van der Waals surface area contributed by atoms with Crippen molar-refractivity contribution >= 4 is 28.3 Å². The summed E-state index contributed by atoms with van der Waals surface area (Å²) in [6.07, 6.45) is 5.81. The number of benzene rings is 2. The highest BCUT2D eigenvalue weighted by Crippen LogP contribution is 2.51. The van der Waals surface area contributed by atoms with E-state index < -0.39 is 0 Å². The molecule has 0 aromatic heterocycles. The van der Waals surface area contributed by atoms with Gasteiger partial charge < -0.3 is 5.73 Å². The summed E-state index contributed by atoms with van der Waals surface area (Å²) in [4.78, 5) is 0. The molecule has 0 heterocycles. The molecule has 0 bridgehead atoms. The predicted octanol–water partition coefficient (Wildman–Crippen LogP) is 5.61. The van der Waals surface area contributed by atoms with Crippen LogP contribution in [0.5, 0.6) is 0 Å². The fourth-order valence-electron chi connectivity index (χ4n) is 3.30. The van der Waals surface area contributed by atoms with E-state index in [2.05, 4.69) is 48.6 Å². The number of fused-ring (bicyclic) bond motifs is 3. The quantitative estimate of drug-likeness (QED) is 0.497. The largest absolute Gasteiger partial charge is 0.398 e. The lowest BCUT2D eigenvalue weighted by molar-refractivity contribution is 0.609. The zero-order valence-electron chi connectivity index (χ0n) is 13.5. The lowest BCUT2D eigenvalue weighted by atomic mass is 9.82. The number of hydrogen-bond donors (Lipinski definition) is 1. The molecule has 1 aliphatic rings. The minimum Gasteiger partial charge on any atom is -0.398 e. The number of allylic oxidation sites excluding steroid dienone is 3. The number of hydrogen-bond acceptors (Lipinski definition) is 1. The van der Waals surface area contributed by atoms with E-state index >= 15 is 0 Å². The topological polar surface area (TPSA) is 26.0 Å². The summed E-state index contributed by atoms with van der Waals surface area (Å²) in [5, 5.41) is 0. The first-order valence-electron chi connectivity index (χ1n) is 7.59. The van der Waals surface area contributed by atoms with Gasteiger partial charge in [-0.3, -0.25) is 0 Å². The third-order valence-electron chi connectivity index (χ3n) is 4.48. The molecule has 118 valence electrons. The minimum absolute atomic E-state index is 0.196. The van der Waals surface area contributed by atoms with Gasteiger partial charge in [-0.05, 0) is 82.1 Å². The lowest BCUT2D eigenvalue weighted by Crippen LogP contribution is -2.15. The van der Waals surface area contributed by atoms with E-state index in [0.717, 1.165) is 31.5 Å². The second-order valence-corrected chi connectivity index (χ2v) is 7.58. The van der Waals surface area contributed by atoms with Crippen LogP contribution < -0.4 is 5.73 Å². The fraction of sp³-hybridized carbons (Fsp3) is 0.200. The van der Waals surface area contributed by atoms with Crippen LogP contribution in [-0.2, 0) is 5.41 Å². The molecule has 1 aliphatic carbocycles. The van der Waals surface area contributed by atoms with Gasteiger partial charge in [0.25, 0.3) is 0 Å². The van der Waals surface area contributed by atoms with Crippen LogP contribution in [0.25, 0.3) is 16.8 Å².